The topological polar surface area (TPSA) is 107 Å². The van der Waals surface area contributed by atoms with Crippen molar-refractivity contribution in [3.63, 3.8) is 0 Å². The van der Waals surface area contributed by atoms with Gasteiger partial charge in [0.2, 0.25) is 0 Å². The second-order valence-corrected chi connectivity index (χ2v) is 10.0. The molecule has 0 spiro atoms. The summed E-state index contributed by atoms with van der Waals surface area (Å²) in [4.78, 5) is 28.3. The molecule has 9 nitrogen and oxygen atoms in total. The maximum absolute atomic E-state index is 13.6. The molecule has 1 aromatic carbocycles. The van der Waals surface area contributed by atoms with Crippen LogP contribution < -0.4 is 10.6 Å². The Hall–Kier alpha value is -4.51. The number of benzene rings is 1. The fraction of sp³-hybridized carbons (Fsp3) is 0.148. The van der Waals surface area contributed by atoms with E-state index in [0.717, 1.165) is 34.0 Å². The van der Waals surface area contributed by atoms with Crippen LogP contribution in [0.3, 0.4) is 0 Å². The van der Waals surface area contributed by atoms with E-state index >= 15 is 0 Å². The first-order chi connectivity index (χ1) is 18.3. The highest BCUT2D eigenvalue weighted by Gasteiger charge is 2.36. The summed E-state index contributed by atoms with van der Waals surface area (Å²) in [6, 6.07) is 13.9. The summed E-state index contributed by atoms with van der Waals surface area (Å²) in [7, 11) is 1.93. The van der Waals surface area contributed by atoms with E-state index in [2.05, 4.69) is 4.98 Å². The third-order valence-corrected chi connectivity index (χ3v) is 8.04. The second-order valence-electron chi connectivity index (χ2n) is 8.94. The molecule has 0 saturated carbocycles. The number of pyridine rings is 1. The zero-order chi connectivity index (χ0) is 26.6. The normalized spacial score (nSPS) is 15.6. The molecule has 0 aliphatic carbocycles. The quantitative estimate of drug-likeness (QED) is 0.356. The van der Waals surface area contributed by atoms with Gasteiger partial charge >= 0.3 is 0 Å². The van der Waals surface area contributed by atoms with Gasteiger partial charge in [0, 0.05) is 30.7 Å². The Morgan fingerprint density at radius 2 is 1.76 bits per heavy atom. The Balaban J connectivity index is 1.45. The summed E-state index contributed by atoms with van der Waals surface area (Å²) in [5, 5.41) is 4.63. The minimum atomic E-state index is -0.474. The molecule has 1 unspecified atom stereocenters. The van der Waals surface area contributed by atoms with Crippen LogP contribution in [0.4, 0.5) is 10.2 Å². The van der Waals surface area contributed by atoms with Crippen molar-refractivity contribution in [3.8, 4) is 22.6 Å². The monoisotopic (exact) mass is 526 g/mol. The van der Waals surface area contributed by atoms with Crippen LogP contribution in [-0.2, 0) is 11.8 Å². The van der Waals surface area contributed by atoms with Crippen LogP contribution in [0.5, 0.6) is 0 Å². The van der Waals surface area contributed by atoms with Gasteiger partial charge in [0.25, 0.3) is 5.91 Å². The average molecular weight is 527 g/mol. The number of imidazole rings is 2. The number of nitrogens with zero attached hydrogens (tertiary/aromatic N) is 7. The molecule has 6 rings (SSSR count). The fourth-order valence-corrected chi connectivity index (χ4v) is 5.91. The number of amides is 1. The van der Waals surface area contributed by atoms with Crippen molar-refractivity contribution < 1.29 is 9.18 Å². The average Bonchev–Trinajstić information content (AvgIpc) is 3.57. The number of hydrogen-bond donors (Lipinski definition) is 1. The second kappa shape index (κ2) is 9.10. The molecule has 0 saturated heterocycles. The van der Waals surface area contributed by atoms with Gasteiger partial charge in [0.1, 0.15) is 22.7 Å². The number of primary amides is 1. The van der Waals surface area contributed by atoms with Crippen molar-refractivity contribution in [2.75, 3.05) is 4.90 Å². The number of halogens is 1. The number of aryl methyl sites for hydroxylation is 1. The third kappa shape index (κ3) is 3.91. The van der Waals surface area contributed by atoms with Gasteiger partial charge in [0.15, 0.2) is 11.5 Å². The molecule has 190 valence electrons. The molecule has 0 fully saturated rings. The molecule has 5 aromatic rings. The predicted molar refractivity (Wildman–Crippen MR) is 144 cm³/mol. The number of nitrogens with two attached hydrogens (primary N) is 1. The molecule has 1 amide bonds. The SMILES string of the molecule is CC1=C(C(N)=O)SC(c2ccncc2)N1c1cn2nc(-c3c(-c4ccc(F)cc4)nc(C)n3C)ccc2n1. The Labute approximate surface area is 221 Å². The van der Waals surface area contributed by atoms with Crippen LogP contribution in [0.25, 0.3) is 28.3 Å². The molecule has 0 radical (unpaired) electrons. The smallest absolute Gasteiger partial charge is 0.256 e. The number of carbonyl (C=O) groups is 1. The first kappa shape index (κ1) is 23.9. The van der Waals surface area contributed by atoms with Crippen molar-refractivity contribution >= 4 is 29.1 Å². The standard InChI is InChI=1S/C27H23FN8OS/c1-15-25(26(29)37)38-27(18-10-12-30-13-11-18)36(15)22-14-35-21(32-22)9-8-20(33-35)24-23(31-16(2)34(24)3)17-4-6-19(28)7-5-17/h4-14,27H,1-3H3,(H2,29,37). The lowest BCUT2D eigenvalue weighted by molar-refractivity contribution is -0.113. The van der Waals surface area contributed by atoms with E-state index in [1.165, 1.54) is 23.9 Å². The fourth-order valence-electron chi connectivity index (χ4n) is 4.63. The van der Waals surface area contributed by atoms with Gasteiger partial charge in [-0.05, 0) is 67.9 Å². The van der Waals surface area contributed by atoms with Gasteiger partial charge in [-0.15, -0.1) is 0 Å². The van der Waals surface area contributed by atoms with Crippen LogP contribution in [0.2, 0.25) is 0 Å². The van der Waals surface area contributed by atoms with E-state index in [1.54, 1.807) is 29.0 Å². The third-order valence-electron chi connectivity index (χ3n) is 6.60. The van der Waals surface area contributed by atoms with Crippen molar-refractivity contribution in [1.82, 2.24) is 29.1 Å². The minimum Gasteiger partial charge on any atom is -0.365 e. The molecule has 5 heterocycles. The van der Waals surface area contributed by atoms with Gasteiger partial charge in [-0.3, -0.25) is 9.78 Å². The molecule has 1 aliphatic rings. The van der Waals surface area contributed by atoms with Crippen LogP contribution >= 0.6 is 11.8 Å². The number of allylic oxidation sites excluding steroid dienone is 1. The first-order valence-corrected chi connectivity index (χ1v) is 12.7. The van der Waals surface area contributed by atoms with E-state index in [-0.39, 0.29) is 11.2 Å². The number of carbonyl (C=O) groups excluding carboxylic acids is 1. The highest BCUT2D eigenvalue weighted by molar-refractivity contribution is 8.04. The molecule has 11 heteroatoms. The van der Waals surface area contributed by atoms with Gasteiger partial charge in [-0.1, -0.05) is 11.8 Å². The summed E-state index contributed by atoms with van der Waals surface area (Å²) in [5.41, 5.74) is 11.1. The predicted octanol–water partition coefficient (Wildman–Crippen LogP) is 4.61. The van der Waals surface area contributed by atoms with Crippen LogP contribution in [0.15, 0.2) is 77.7 Å². The Bertz CT molecular complexity index is 1730. The van der Waals surface area contributed by atoms with Crippen molar-refractivity contribution in [3.05, 3.63) is 94.9 Å². The Morgan fingerprint density at radius 3 is 2.47 bits per heavy atom. The van der Waals surface area contributed by atoms with E-state index in [4.69, 9.17) is 20.8 Å². The highest BCUT2D eigenvalue weighted by Crippen LogP contribution is 2.49. The number of rotatable bonds is 5. The van der Waals surface area contributed by atoms with E-state index in [1.807, 2.05) is 60.8 Å². The molecule has 4 aromatic heterocycles. The van der Waals surface area contributed by atoms with Gasteiger partial charge in [-0.25, -0.2) is 18.9 Å². The number of anilines is 1. The lowest BCUT2D eigenvalue weighted by Gasteiger charge is -2.25. The van der Waals surface area contributed by atoms with Gasteiger partial charge < -0.3 is 15.2 Å². The lowest BCUT2D eigenvalue weighted by atomic mass is 10.1. The Morgan fingerprint density at radius 1 is 1.03 bits per heavy atom. The minimum absolute atomic E-state index is 0.227. The summed E-state index contributed by atoms with van der Waals surface area (Å²) in [6.45, 7) is 3.78. The zero-order valence-corrected chi connectivity index (χ0v) is 21.6. The zero-order valence-electron chi connectivity index (χ0n) is 20.8. The maximum Gasteiger partial charge on any atom is 0.256 e. The van der Waals surface area contributed by atoms with Gasteiger partial charge in [0.05, 0.1) is 22.5 Å². The molecular formula is C27H23FN8OS. The number of hydrogen-bond acceptors (Lipinski definition) is 7. The van der Waals surface area contributed by atoms with E-state index in [0.29, 0.717) is 22.1 Å². The molecule has 1 aliphatic heterocycles. The van der Waals surface area contributed by atoms with Crippen LogP contribution in [-0.4, -0.2) is 35.0 Å². The molecule has 0 bridgehead atoms. The van der Waals surface area contributed by atoms with Crippen LogP contribution in [0, 0.1) is 12.7 Å². The van der Waals surface area contributed by atoms with Crippen molar-refractivity contribution in [1.29, 1.82) is 0 Å². The largest absolute Gasteiger partial charge is 0.365 e. The molecule has 38 heavy (non-hydrogen) atoms. The summed E-state index contributed by atoms with van der Waals surface area (Å²) < 4.78 is 17.2. The van der Waals surface area contributed by atoms with Gasteiger partial charge in [-0.2, -0.15) is 5.10 Å². The molecular weight excluding hydrogens is 503 g/mol. The van der Waals surface area contributed by atoms with Crippen molar-refractivity contribution in [2.24, 2.45) is 12.8 Å². The first-order valence-electron chi connectivity index (χ1n) is 11.8. The van der Waals surface area contributed by atoms with E-state index in [9.17, 15) is 9.18 Å². The maximum atomic E-state index is 13.6. The number of thioether (sulfide) groups is 1. The molecule has 1 atom stereocenters. The van der Waals surface area contributed by atoms with E-state index < -0.39 is 5.91 Å². The number of fused-ring (bicyclic) bond motifs is 1. The summed E-state index contributed by atoms with van der Waals surface area (Å²) >= 11 is 1.39. The molecule has 2 N–H and O–H groups in total. The summed E-state index contributed by atoms with van der Waals surface area (Å²) in [5.74, 6) is 0.666. The highest BCUT2D eigenvalue weighted by atomic mass is 32.2. The number of aromatic nitrogens is 6. The van der Waals surface area contributed by atoms with Crippen LogP contribution in [0.1, 0.15) is 23.7 Å². The van der Waals surface area contributed by atoms with Crippen molar-refractivity contribution in [2.45, 2.75) is 19.2 Å². The summed E-state index contributed by atoms with van der Waals surface area (Å²) in [6.07, 6.45) is 5.28. The lowest BCUT2D eigenvalue weighted by Crippen LogP contribution is -2.21. The Kier molecular flexibility index (Phi) is 5.72.